The van der Waals surface area contributed by atoms with Crippen LogP contribution in [0.1, 0.15) is 22.3 Å². The van der Waals surface area contributed by atoms with Gasteiger partial charge < -0.3 is 0 Å². The molecule has 0 saturated heterocycles. The van der Waals surface area contributed by atoms with E-state index in [1.54, 1.807) is 0 Å². The third kappa shape index (κ3) is 9.70. The molecule has 85 heavy (non-hydrogen) atoms. The first-order chi connectivity index (χ1) is 42.1. The highest BCUT2D eigenvalue weighted by Gasteiger charge is 2.47. The highest BCUT2D eigenvalue weighted by molar-refractivity contribution is 5.92. The Hall–Kier alpha value is -10.9. The van der Waals surface area contributed by atoms with Gasteiger partial charge in [0.15, 0.2) is 0 Å². The fraction of sp³-hybridized carbons (Fsp3) is 0.0118. The van der Waals surface area contributed by atoms with E-state index >= 15 is 0 Å². The van der Waals surface area contributed by atoms with Gasteiger partial charge in [-0.3, -0.25) is 0 Å². The van der Waals surface area contributed by atoms with Crippen LogP contribution in [-0.4, -0.2) is 0 Å². The van der Waals surface area contributed by atoms with E-state index in [1.165, 1.54) is 122 Å². The molecule has 14 aromatic carbocycles. The molecule has 0 saturated carbocycles. The van der Waals surface area contributed by atoms with Gasteiger partial charge in [0.05, 0.1) is 5.41 Å². The molecule has 0 bridgehead atoms. The lowest BCUT2D eigenvalue weighted by molar-refractivity contribution is 0.769. The van der Waals surface area contributed by atoms with Crippen molar-refractivity contribution >= 4 is 0 Å². The fourth-order valence-corrected chi connectivity index (χ4v) is 13.1. The van der Waals surface area contributed by atoms with Crippen molar-refractivity contribution in [2.45, 2.75) is 5.41 Å². The average Bonchev–Trinajstić information content (AvgIpc) is 2.20. The van der Waals surface area contributed by atoms with Gasteiger partial charge in [-0.05, 0) is 217 Å². The molecular formula is C85H58. The quantitative estimate of drug-likeness (QED) is 0.114. The minimum absolute atomic E-state index is 0.745. The van der Waals surface area contributed by atoms with Gasteiger partial charge in [0.1, 0.15) is 0 Å². The first kappa shape index (κ1) is 51.0. The molecule has 0 nitrogen and oxygen atoms in total. The van der Waals surface area contributed by atoms with E-state index in [2.05, 4.69) is 352 Å². The summed E-state index contributed by atoms with van der Waals surface area (Å²) in [6, 6.07) is 130. The zero-order valence-electron chi connectivity index (χ0n) is 47.0. The van der Waals surface area contributed by atoms with Crippen LogP contribution in [0.2, 0.25) is 0 Å². The molecule has 398 valence electrons. The fourth-order valence-electron chi connectivity index (χ4n) is 13.1. The smallest absolute Gasteiger partial charge is 0.0622 e. The van der Waals surface area contributed by atoms with Crippen molar-refractivity contribution in [3.8, 4) is 122 Å². The van der Waals surface area contributed by atoms with Crippen molar-refractivity contribution in [1.29, 1.82) is 0 Å². The molecule has 14 aromatic rings. The molecule has 0 spiro atoms. The summed E-state index contributed by atoms with van der Waals surface area (Å²) in [5.74, 6) is 0. The lowest BCUT2D eigenvalue weighted by Crippen LogP contribution is -2.29. The Morgan fingerprint density at radius 3 is 0.624 bits per heavy atom. The van der Waals surface area contributed by atoms with E-state index in [0.29, 0.717) is 0 Å². The summed E-state index contributed by atoms with van der Waals surface area (Å²) in [5, 5.41) is 0. The highest BCUT2D eigenvalue weighted by Crippen LogP contribution is 2.58. The first-order valence-corrected chi connectivity index (χ1v) is 29.4. The second kappa shape index (κ2) is 22.1. The second-order valence-electron chi connectivity index (χ2n) is 22.4. The summed E-state index contributed by atoms with van der Waals surface area (Å²) in [6.45, 7) is 0. The topological polar surface area (TPSA) is 0 Å². The molecule has 0 radical (unpaired) electrons. The van der Waals surface area contributed by atoms with Crippen molar-refractivity contribution in [2.75, 3.05) is 0 Å². The molecule has 0 aliphatic heterocycles. The van der Waals surface area contributed by atoms with Crippen LogP contribution in [0, 0.1) is 0 Å². The normalized spacial score (nSPS) is 12.1. The van der Waals surface area contributed by atoms with Gasteiger partial charge >= 0.3 is 0 Å². The Morgan fingerprint density at radius 2 is 0.329 bits per heavy atom. The van der Waals surface area contributed by atoms with E-state index in [1.807, 2.05) is 0 Å². The summed E-state index contributed by atoms with van der Waals surface area (Å²) < 4.78 is 0. The largest absolute Gasteiger partial charge is 0.0714 e. The highest BCUT2D eigenvalue weighted by atomic mass is 14.5. The maximum Gasteiger partial charge on any atom is 0.0714 e. The molecule has 0 heteroatoms. The number of fused-ring (bicyclic) bond motifs is 3. The van der Waals surface area contributed by atoms with Gasteiger partial charge in [0, 0.05) is 0 Å². The molecule has 1 aliphatic carbocycles. The van der Waals surface area contributed by atoms with Crippen molar-refractivity contribution in [2.24, 2.45) is 0 Å². The van der Waals surface area contributed by atoms with Crippen LogP contribution in [0.15, 0.2) is 352 Å². The molecule has 0 fully saturated rings. The predicted molar refractivity (Wildman–Crippen MR) is 358 cm³/mol. The summed E-state index contributed by atoms with van der Waals surface area (Å²) in [6.07, 6.45) is 0. The van der Waals surface area contributed by atoms with E-state index in [4.69, 9.17) is 0 Å². The third-order valence-electron chi connectivity index (χ3n) is 17.3. The van der Waals surface area contributed by atoms with Crippen molar-refractivity contribution in [3.05, 3.63) is 374 Å². The lowest BCUT2D eigenvalue weighted by atomic mass is 9.66. The van der Waals surface area contributed by atoms with Gasteiger partial charge in [0.25, 0.3) is 0 Å². The monoisotopic (exact) mass is 1080 g/mol. The van der Waals surface area contributed by atoms with E-state index in [-0.39, 0.29) is 0 Å². The standard InChI is InChI=1S/C85H58/c1-7-23-59(24-8-1)71-43-45-81-82-46-44-72(60-25-9-2-10-26-60)58-84(82)85(83(81)57-71,79-41-21-39-69(55-79)65-35-19-37-67(47-65)77-51-73(61-27-11-3-12-28-61)49-74(52-77)62-29-13-4-14-30-62)80-42-22-40-70(56-80)66-36-20-38-68(48-66)78-53-75(63-31-15-5-16-32-63)50-76(54-78)64-33-17-6-18-34-64/h1-58H. The zero-order chi connectivity index (χ0) is 56.5. The number of hydrogen-bond acceptors (Lipinski definition) is 0. The van der Waals surface area contributed by atoms with Gasteiger partial charge in [-0.25, -0.2) is 0 Å². The zero-order valence-corrected chi connectivity index (χ0v) is 47.0. The second-order valence-corrected chi connectivity index (χ2v) is 22.4. The summed E-state index contributed by atoms with van der Waals surface area (Å²) >= 11 is 0. The maximum absolute atomic E-state index is 2.49. The van der Waals surface area contributed by atoms with Gasteiger partial charge in [-0.1, -0.05) is 279 Å². The molecule has 1 aliphatic rings. The summed E-state index contributed by atoms with van der Waals surface area (Å²) in [5.41, 5.74) is 30.3. The molecule has 0 aromatic heterocycles. The van der Waals surface area contributed by atoms with E-state index in [0.717, 1.165) is 22.3 Å². The van der Waals surface area contributed by atoms with Crippen LogP contribution in [0.25, 0.3) is 122 Å². The third-order valence-corrected chi connectivity index (χ3v) is 17.3. The molecule has 0 atom stereocenters. The minimum Gasteiger partial charge on any atom is -0.0622 e. The Bertz CT molecular complexity index is 4290. The van der Waals surface area contributed by atoms with Crippen molar-refractivity contribution in [3.63, 3.8) is 0 Å². The van der Waals surface area contributed by atoms with Crippen LogP contribution >= 0.6 is 0 Å². The Labute approximate surface area is 499 Å². The molecule has 0 amide bonds. The Morgan fingerprint density at radius 1 is 0.129 bits per heavy atom. The van der Waals surface area contributed by atoms with Crippen LogP contribution in [0.5, 0.6) is 0 Å². The average molecular weight is 1080 g/mol. The summed E-state index contributed by atoms with van der Waals surface area (Å²) in [7, 11) is 0. The van der Waals surface area contributed by atoms with E-state index in [9.17, 15) is 0 Å². The SMILES string of the molecule is c1ccc(-c2cc(-c3ccccc3)cc(-c3cccc(-c4cccc(C5(c6cccc(-c7cccc(-c8cc(-c9ccccc9)cc(-c9ccccc9)c8)c7)c6)c6cc(-c7ccccc7)ccc6-c6ccc(-c7ccccc7)cc65)c4)c3)c2)cc1. The molecule has 0 unspecified atom stereocenters. The van der Waals surface area contributed by atoms with Gasteiger partial charge in [0.2, 0.25) is 0 Å². The Kier molecular flexibility index (Phi) is 13.3. The number of benzene rings is 14. The van der Waals surface area contributed by atoms with Crippen LogP contribution in [0.4, 0.5) is 0 Å². The van der Waals surface area contributed by atoms with E-state index < -0.39 is 5.41 Å². The summed E-state index contributed by atoms with van der Waals surface area (Å²) in [4.78, 5) is 0. The maximum atomic E-state index is 2.49. The van der Waals surface area contributed by atoms with Crippen molar-refractivity contribution in [1.82, 2.24) is 0 Å². The molecule has 0 heterocycles. The van der Waals surface area contributed by atoms with Crippen molar-refractivity contribution < 1.29 is 0 Å². The Balaban J connectivity index is 0.926. The van der Waals surface area contributed by atoms with Gasteiger partial charge in [-0.2, -0.15) is 0 Å². The first-order valence-electron chi connectivity index (χ1n) is 29.4. The lowest BCUT2D eigenvalue weighted by Gasteiger charge is -2.35. The van der Waals surface area contributed by atoms with Gasteiger partial charge in [-0.15, -0.1) is 0 Å². The molecule has 15 rings (SSSR count). The van der Waals surface area contributed by atoms with Crippen LogP contribution < -0.4 is 0 Å². The molecular weight excluding hydrogens is 1020 g/mol. The minimum atomic E-state index is -0.745. The number of rotatable bonds is 12. The van der Waals surface area contributed by atoms with Crippen LogP contribution in [-0.2, 0) is 5.41 Å². The number of hydrogen-bond donors (Lipinski definition) is 0. The van der Waals surface area contributed by atoms with Crippen LogP contribution in [0.3, 0.4) is 0 Å². The predicted octanol–water partition coefficient (Wildman–Crippen LogP) is 22.7. The molecule has 0 N–H and O–H groups in total.